The number of rotatable bonds is 8. The number of ether oxygens (including phenoxy) is 1. The number of nitrogens with zero attached hydrogens (tertiary/aromatic N) is 1. The lowest BCUT2D eigenvalue weighted by Gasteiger charge is -2.29. The van der Waals surface area contributed by atoms with Crippen LogP contribution in [-0.4, -0.2) is 45.5 Å². The van der Waals surface area contributed by atoms with E-state index in [9.17, 15) is 13.2 Å². The van der Waals surface area contributed by atoms with Crippen LogP contribution in [0.15, 0.2) is 84.9 Å². The average Bonchev–Trinajstić information content (AvgIpc) is 3.20. The van der Waals surface area contributed by atoms with Crippen LogP contribution in [0.5, 0.6) is 5.75 Å². The number of nitrogens with one attached hydrogen (secondary N) is 1. The van der Waals surface area contributed by atoms with E-state index < -0.39 is 9.84 Å². The molecular formula is C26H28N2O4S. The summed E-state index contributed by atoms with van der Waals surface area (Å²) in [7, 11) is -1.51. The number of sulfone groups is 1. The van der Waals surface area contributed by atoms with Crippen molar-refractivity contribution in [2.24, 2.45) is 0 Å². The highest BCUT2D eigenvalue weighted by molar-refractivity contribution is 7.91. The molecule has 2 atom stereocenters. The van der Waals surface area contributed by atoms with E-state index in [4.69, 9.17) is 4.74 Å². The second-order valence-corrected chi connectivity index (χ2v) is 10.4. The molecule has 1 amide bonds. The Morgan fingerprint density at radius 1 is 0.970 bits per heavy atom. The SMILES string of the molecule is COc1ccc([C@@H](NCC(=O)N(c2ccccc2)[C@@H]2CCS(=O)(=O)C2)c2ccccc2)cc1. The number of hydrogen-bond acceptors (Lipinski definition) is 5. The zero-order valence-corrected chi connectivity index (χ0v) is 19.4. The number of anilines is 1. The molecule has 0 aromatic heterocycles. The molecule has 0 spiro atoms. The van der Waals surface area contributed by atoms with E-state index >= 15 is 0 Å². The smallest absolute Gasteiger partial charge is 0.241 e. The molecule has 0 unspecified atom stereocenters. The van der Waals surface area contributed by atoms with Gasteiger partial charge in [0.25, 0.3) is 0 Å². The van der Waals surface area contributed by atoms with Crippen LogP contribution >= 0.6 is 0 Å². The van der Waals surface area contributed by atoms with Gasteiger partial charge in [0.05, 0.1) is 37.2 Å². The minimum absolute atomic E-state index is 0.00573. The first kappa shape index (κ1) is 23.0. The standard InChI is InChI=1S/C26H28N2O4S/c1-32-24-14-12-21(13-15-24)26(20-8-4-2-5-9-20)27-18-25(29)28(22-10-6-3-7-11-22)23-16-17-33(30,31)19-23/h2-15,23,26-27H,16-19H2,1H3/t23-,26+/m1/s1. The fourth-order valence-corrected chi connectivity index (χ4v) is 5.97. The first-order chi connectivity index (χ1) is 16.0. The minimum atomic E-state index is -3.13. The van der Waals surface area contributed by atoms with Crippen LogP contribution in [0, 0.1) is 0 Å². The Morgan fingerprint density at radius 3 is 2.15 bits per heavy atom. The maximum atomic E-state index is 13.5. The molecule has 0 saturated carbocycles. The van der Waals surface area contributed by atoms with Crippen molar-refractivity contribution >= 4 is 21.4 Å². The summed E-state index contributed by atoms with van der Waals surface area (Å²) in [5.74, 6) is 0.714. The summed E-state index contributed by atoms with van der Waals surface area (Å²) in [5, 5.41) is 3.40. The Labute approximate surface area is 195 Å². The molecule has 1 fully saturated rings. The quantitative estimate of drug-likeness (QED) is 0.551. The molecule has 1 aliphatic rings. The number of hydrogen-bond donors (Lipinski definition) is 1. The van der Waals surface area contributed by atoms with Crippen LogP contribution in [0.2, 0.25) is 0 Å². The maximum Gasteiger partial charge on any atom is 0.241 e. The van der Waals surface area contributed by atoms with Crippen molar-refractivity contribution in [3.05, 3.63) is 96.1 Å². The largest absolute Gasteiger partial charge is 0.497 e. The summed E-state index contributed by atoms with van der Waals surface area (Å²) in [6, 6.07) is 26.4. The van der Waals surface area contributed by atoms with Gasteiger partial charge in [0, 0.05) is 5.69 Å². The lowest BCUT2D eigenvalue weighted by atomic mass is 9.98. The topological polar surface area (TPSA) is 75.7 Å². The summed E-state index contributed by atoms with van der Waals surface area (Å²) < 4.78 is 29.5. The summed E-state index contributed by atoms with van der Waals surface area (Å²) >= 11 is 0. The zero-order chi connectivity index (χ0) is 23.3. The third kappa shape index (κ3) is 5.61. The highest BCUT2D eigenvalue weighted by Crippen LogP contribution is 2.26. The van der Waals surface area contributed by atoms with Crippen molar-refractivity contribution in [1.82, 2.24) is 5.32 Å². The van der Waals surface area contributed by atoms with E-state index in [2.05, 4.69) is 5.32 Å². The molecule has 3 aromatic carbocycles. The van der Waals surface area contributed by atoms with Crippen molar-refractivity contribution in [3.8, 4) is 5.75 Å². The molecule has 172 valence electrons. The van der Waals surface area contributed by atoms with Crippen molar-refractivity contribution < 1.29 is 17.9 Å². The van der Waals surface area contributed by atoms with Crippen LogP contribution in [0.1, 0.15) is 23.6 Å². The van der Waals surface area contributed by atoms with Crippen molar-refractivity contribution in [3.63, 3.8) is 0 Å². The molecule has 7 heteroatoms. The monoisotopic (exact) mass is 464 g/mol. The highest BCUT2D eigenvalue weighted by atomic mass is 32.2. The zero-order valence-electron chi connectivity index (χ0n) is 18.6. The third-order valence-corrected chi connectivity index (χ3v) is 7.67. The van der Waals surface area contributed by atoms with Gasteiger partial charge in [-0.25, -0.2) is 8.42 Å². The van der Waals surface area contributed by atoms with Crippen LogP contribution in [-0.2, 0) is 14.6 Å². The van der Waals surface area contributed by atoms with E-state index in [-0.39, 0.29) is 36.0 Å². The molecule has 0 bridgehead atoms. The van der Waals surface area contributed by atoms with Gasteiger partial charge in [-0.2, -0.15) is 0 Å². The Balaban J connectivity index is 1.58. The fourth-order valence-electron chi connectivity index (χ4n) is 4.27. The van der Waals surface area contributed by atoms with Crippen molar-refractivity contribution in [2.75, 3.05) is 30.1 Å². The molecule has 0 radical (unpaired) electrons. The Bertz CT molecular complexity index is 1170. The Hall–Kier alpha value is -3.16. The lowest BCUT2D eigenvalue weighted by Crippen LogP contribution is -2.46. The third-order valence-electron chi connectivity index (χ3n) is 5.92. The van der Waals surface area contributed by atoms with Gasteiger partial charge in [-0.05, 0) is 41.8 Å². The normalized spacial score (nSPS) is 17.9. The number of carbonyl (C=O) groups excluding carboxylic acids is 1. The Kier molecular flexibility index (Phi) is 7.11. The molecule has 1 saturated heterocycles. The van der Waals surface area contributed by atoms with Gasteiger partial charge < -0.3 is 9.64 Å². The summed E-state index contributed by atoms with van der Waals surface area (Å²) in [4.78, 5) is 15.1. The van der Waals surface area contributed by atoms with Crippen LogP contribution in [0.4, 0.5) is 5.69 Å². The lowest BCUT2D eigenvalue weighted by molar-refractivity contribution is -0.118. The van der Waals surface area contributed by atoms with Crippen LogP contribution < -0.4 is 15.0 Å². The van der Waals surface area contributed by atoms with E-state index in [1.54, 1.807) is 12.0 Å². The molecule has 1 heterocycles. The van der Waals surface area contributed by atoms with Gasteiger partial charge in [-0.3, -0.25) is 10.1 Å². The van der Waals surface area contributed by atoms with E-state index in [0.29, 0.717) is 12.1 Å². The number of carbonyl (C=O) groups is 1. The summed E-state index contributed by atoms with van der Waals surface area (Å²) in [6.45, 7) is 0.0665. The Morgan fingerprint density at radius 2 is 1.58 bits per heavy atom. The summed E-state index contributed by atoms with van der Waals surface area (Å²) in [6.07, 6.45) is 0.448. The molecule has 4 rings (SSSR count). The van der Waals surface area contributed by atoms with Gasteiger partial charge in [-0.1, -0.05) is 60.7 Å². The number of benzene rings is 3. The van der Waals surface area contributed by atoms with Gasteiger partial charge >= 0.3 is 0 Å². The van der Waals surface area contributed by atoms with E-state index in [1.807, 2.05) is 84.9 Å². The maximum absolute atomic E-state index is 13.5. The van der Waals surface area contributed by atoms with Gasteiger partial charge in [0.2, 0.25) is 5.91 Å². The summed E-state index contributed by atoms with van der Waals surface area (Å²) in [5.41, 5.74) is 2.75. The molecule has 1 N–H and O–H groups in total. The molecule has 0 aliphatic carbocycles. The fraction of sp³-hybridized carbons (Fsp3) is 0.269. The molecule has 1 aliphatic heterocycles. The van der Waals surface area contributed by atoms with Crippen molar-refractivity contribution in [1.29, 1.82) is 0 Å². The first-order valence-electron chi connectivity index (χ1n) is 11.0. The average molecular weight is 465 g/mol. The number of para-hydroxylation sites is 1. The van der Waals surface area contributed by atoms with Gasteiger partial charge in [-0.15, -0.1) is 0 Å². The van der Waals surface area contributed by atoms with Crippen LogP contribution in [0.25, 0.3) is 0 Å². The first-order valence-corrected chi connectivity index (χ1v) is 12.8. The molecule has 33 heavy (non-hydrogen) atoms. The van der Waals surface area contributed by atoms with Gasteiger partial charge in [0.1, 0.15) is 5.75 Å². The van der Waals surface area contributed by atoms with E-state index in [1.165, 1.54) is 0 Å². The minimum Gasteiger partial charge on any atom is -0.497 e. The van der Waals surface area contributed by atoms with Crippen LogP contribution in [0.3, 0.4) is 0 Å². The second-order valence-electron chi connectivity index (χ2n) is 8.15. The van der Waals surface area contributed by atoms with Gasteiger partial charge in [0.15, 0.2) is 9.84 Å². The highest BCUT2D eigenvalue weighted by Gasteiger charge is 2.35. The van der Waals surface area contributed by atoms with Crippen molar-refractivity contribution in [2.45, 2.75) is 18.5 Å². The predicted octanol–water partition coefficient (Wildman–Crippen LogP) is 3.59. The van der Waals surface area contributed by atoms with E-state index in [0.717, 1.165) is 16.9 Å². The molecule has 3 aromatic rings. The second kappa shape index (κ2) is 10.2. The number of methoxy groups -OCH3 is 1. The molecule has 6 nitrogen and oxygen atoms in total. The molecular weight excluding hydrogens is 436 g/mol. The predicted molar refractivity (Wildman–Crippen MR) is 130 cm³/mol. The number of amides is 1.